The number of carbonyl (C=O) groups excluding carboxylic acids is 3. The van der Waals surface area contributed by atoms with Gasteiger partial charge in [0.05, 0.1) is 12.1 Å². The second-order valence-electron chi connectivity index (χ2n) is 8.00. The third kappa shape index (κ3) is 6.57. The maximum absolute atomic E-state index is 12.6. The summed E-state index contributed by atoms with van der Waals surface area (Å²) in [6.45, 7) is 5.72. The Balaban J connectivity index is 2.08. The highest BCUT2D eigenvalue weighted by Gasteiger charge is 2.34. The first-order chi connectivity index (χ1) is 14.1. The molecular weight excluding hydrogens is 388 g/mol. The van der Waals surface area contributed by atoms with Gasteiger partial charge in [-0.15, -0.1) is 0 Å². The molecule has 0 aliphatic heterocycles. The largest absolute Gasteiger partial charge is 0.390 e. The van der Waals surface area contributed by atoms with Crippen molar-refractivity contribution in [1.29, 1.82) is 0 Å². The Hall–Kier alpha value is -2.91. The Morgan fingerprint density at radius 3 is 2.37 bits per heavy atom. The summed E-state index contributed by atoms with van der Waals surface area (Å²) in [5.41, 5.74) is 7.11. The predicted molar refractivity (Wildman–Crippen MR) is 112 cm³/mol. The molecule has 0 saturated carbocycles. The Bertz CT molecular complexity index is 806. The van der Waals surface area contributed by atoms with Gasteiger partial charge in [0.1, 0.15) is 12.1 Å². The van der Waals surface area contributed by atoms with Crippen LogP contribution in [-0.2, 0) is 9.59 Å². The third-order valence-corrected chi connectivity index (χ3v) is 4.83. The molecular formula is C21H30N4O5. The summed E-state index contributed by atoms with van der Waals surface area (Å²) in [4.78, 5) is 36.5. The van der Waals surface area contributed by atoms with Gasteiger partial charge in [-0.05, 0) is 31.4 Å². The smallest absolute Gasteiger partial charge is 0.319 e. The van der Waals surface area contributed by atoms with Gasteiger partial charge in [0.25, 0.3) is 0 Å². The molecule has 164 valence electrons. The van der Waals surface area contributed by atoms with Crippen molar-refractivity contribution < 1.29 is 24.6 Å². The predicted octanol–water partition coefficient (Wildman–Crippen LogP) is 0.553. The van der Waals surface area contributed by atoms with E-state index < -0.39 is 42.1 Å². The van der Waals surface area contributed by atoms with Crippen molar-refractivity contribution in [2.45, 2.75) is 57.9 Å². The lowest BCUT2D eigenvalue weighted by Crippen LogP contribution is -2.53. The first-order valence-corrected chi connectivity index (χ1v) is 9.88. The van der Waals surface area contributed by atoms with Crippen molar-refractivity contribution in [1.82, 2.24) is 10.6 Å². The van der Waals surface area contributed by atoms with Crippen LogP contribution in [0.1, 0.15) is 32.3 Å². The zero-order valence-electron chi connectivity index (χ0n) is 17.4. The van der Waals surface area contributed by atoms with Crippen LogP contribution in [0, 0.1) is 12.8 Å². The summed E-state index contributed by atoms with van der Waals surface area (Å²) >= 11 is 0. The van der Waals surface area contributed by atoms with E-state index in [1.165, 1.54) is 6.08 Å². The fraction of sp³-hybridized carbons (Fsp3) is 0.476. The van der Waals surface area contributed by atoms with Crippen LogP contribution < -0.4 is 21.7 Å². The molecule has 7 N–H and O–H groups in total. The number of urea groups is 1. The van der Waals surface area contributed by atoms with E-state index in [1.54, 1.807) is 12.1 Å². The molecule has 0 radical (unpaired) electrons. The number of aliphatic hydroxyl groups is 2. The molecule has 4 amide bonds. The molecule has 1 aromatic carbocycles. The number of nitrogens with two attached hydrogens (primary N) is 1. The van der Waals surface area contributed by atoms with Gasteiger partial charge < -0.3 is 31.9 Å². The van der Waals surface area contributed by atoms with Crippen LogP contribution in [0.25, 0.3) is 0 Å². The number of primary amides is 1. The molecule has 1 aromatic rings. The molecule has 4 atom stereocenters. The zero-order valence-corrected chi connectivity index (χ0v) is 17.4. The Labute approximate surface area is 175 Å². The summed E-state index contributed by atoms with van der Waals surface area (Å²) in [6, 6.07) is 4.70. The van der Waals surface area contributed by atoms with E-state index in [1.807, 2.05) is 32.9 Å². The van der Waals surface area contributed by atoms with Gasteiger partial charge in [0, 0.05) is 17.7 Å². The van der Waals surface area contributed by atoms with Crippen molar-refractivity contribution in [2.75, 3.05) is 5.32 Å². The first kappa shape index (κ1) is 23.4. The fourth-order valence-corrected chi connectivity index (χ4v) is 3.19. The molecule has 4 unspecified atom stereocenters. The van der Waals surface area contributed by atoms with Crippen molar-refractivity contribution in [2.24, 2.45) is 11.7 Å². The second-order valence-corrected chi connectivity index (χ2v) is 8.00. The van der Waals surface area contributed by atoms with Crippen LogP contribution in [-0.4, -0.2) is 52.4 Å². The van der Waals surface area contributed by atoms with Crippen molar-refractivity contribution in [3.05, 3.63) is 41.5 Å². The molecule has 9 heteroatoms. The highest BCUT2D eigenvalue weighted by molar-refractivity contribution is 5.97. The SMILES string of the molecule is Cc1ccc(NC(=O)NC2C=C(C(=O)NC(CC(C)C)C(N)=O)CC(O)C2O)cc1. The van der Waals surface area contributed by atoms with Gasteiger partial charge >= 0.3 is 6.03 Å². The lowest BCUT2D eigenvalue weighted by Gasteiger charge is -2.31. The number of aryl methyl sites for hydroxylation is 1. The van der Waals surface area contributed by atoms with E-state index in [9.17, 15) is 24.6 Å². The monoisotopic (exact) mass is 418 g/mol. The molecule has 2 rings (SSSR count). The quantitative estimate of drug-likeness (QED) is 0.382. The van der Waals surface area contributed by atoms with Gasteiger partial charge in [-0.2, -0.15) is 0 Å². The number of hydrogen-bond donors (Lipinski definition) is 6. The van der Waals surface area contributed by atoms with E-state index in [-0.39, 0.29) is 17.9 Å². The highest BCUT2D eigenvalue weighted by atomic mass is 16.3. The highest BCUT2D eigenvalue weighted by Crippen LogP contribution is 2.21. The summed E-state index contributed by atoms with van der Waals surface area (Å²) < 4.78 is 0. The standard InChI is InChI=1S/C21H30N4O5/c1-11(2)8-16(19(22)28)24-20(29)13-9-15(18(27)17(26)10-13)25-21(30)23-14-6-4-12(3)5-7-14/h4-7,9,11,15-18,26-27H,8,10H2,1-3H3,(H2,22,28)(H,24,29)(H2,23,25,30). The maximum Gasteiger partial charge on any atom is 0.319 e. The summed E-state index contributed by atoms with van der Waals surface area (Å²) in [6.07, 6.45) is -0.891. The maximum atomic E-state index is 12.6. The lowest BCUT2D eigenvalue weighted by molar-refractivity contribution is -0.126. The number of anilines is 1. The minimum absolute atomic E-state index is 0.113. The zero-order chi connectivity index (χ0) is 22.4. The summed E-state index contributed by atoms with van der Waals surface area (Å²) in [5.74, 6) is -1.09. The van der Waals surface area contributed by atoms with Crippen molar-refractivity contribution in [3.8, 4) is 0 Å². The number of rotatable bonds is 7. The van der Waals surface area contributed by atoms with Gasteiger partial charge in [-0.25, -0.2) is 4.79 Å². The molecule has 0 bridgehead atoms. The lowest BCUT2D eigenvalue weighted by atomic mass is 9.89. The van der Waals surface area contributed by atoms with Crippen LogP contribution in [0.2, 0.25) is 0 Å². The number of hydrogen-bond acceptors (Lipinski definition) is 5. The van der Waals surface area contributed by atoms with Crippen molar-refractivity contribution >= 4 is 23.5 Å². The average Bonchev–Trinajstić information content (AvgIpc) is 2.66. The van der Waals surface area contributed by atoms with Crippen LogP contribution in [0.15, 0.2) is 35.9 Å². The number of carbonyl (C=O) groups is 3. The van der Waals surface area contributed by atoms with Gasteiger partial charge in [-0.1, -0.05) is 37.6 Å². The van der Waals surface area contributed by atoms with E-state index in [0.29, 0.717) is 12.1 Å². The molecule has 30 heavy (non-hydrogen) atoms. The molecule has 0 heterocycles. The van der Waals surface area contributed by atoms with Crippen LogP contribution in [0.5, 0.6) is 0 Å². The van der Waals surface area contributed by atoms with Gasteiger partial charge in [0.2, 0.25) is 11.8 Å². The topological polar surface area (TPSA) is 154 Å². The molecule has 0 saturated heterocycles. The second kappa shape index (κ2) is 10.2. The normalized spacial score (nSPS) is 22.1. The van der Waals surface area contributed by atoms with Gasteiger partial charge in [0.15, 0.2) is 0 Å². The molecule has 0 spiro atoms. The minimum Gasteiger partial charge on any atom is -0.390 e. The van der Waals surface area contributed by atoms with E-state index >= 15 is 0 Å². The Morgan fingerprint density at radius 2 is 1.80 bits per heavy atom. The number of amides is 4. The van der Waals surface area contributed by atoms with E-state index in [0.717, 1.165) is 5.56 Å². The fourth-order valence-electron chi connectivity index (χ4n) is 3.19. The number of nitrogens with one attached hydrogen (secondary N) is 3. The number of aliphatic hydroxyl groups excluding tert-OH is 2. The van der Waals surface area contributed by atoms with Crippen LogP contribution in [0.3, 0.4) is 0 Å². The minimum atomic E-state index is -1.28. The van der Waals surface area contributed by atoms with E-state index in [4.69, 9.17) is 5.73 Å². The molecule has 9 nitrogen and oxygen atoms in total. The third-order valence-electron chi connectivity index (χ3n) is 4.83. The Morgan fingerprint density at radius 1 is 1.17 bits per heavy atom. The summed E-state index contributed by atoms with van der Waals surface area (Å²) in [5, 5.41) is 28.1. The van der Waals surface area contributed by atoms with Crippen LogP contribution in [0.4, 0.5) is 10.5 Å². The molecule has 1 aliphatic carbocycles. The van der Waals surface area contributed by atoms with E-state index in [2.05, 4.69) is 16.0 Å². The average molecular weight is 418 g/mol. The Kier molecular flexibility index (Phi) is 7.96. The summed E-state index contributed by atoms with van der Waals surface area (Å²) in [7, 11) is 0. The molecule has 1 aliphatic rings. The molecule has 0 aromatic heterocycles. The number of benzene rings is 1. The van der Waals surface area contributed by atoms with Crippen LogP contribution >= 0.6 is 0 Å². The first-order valence-electron chi connectivity index (χ1n) is 9.88. The van der Waals surface area contributed by atoms with Gasteiger partial charge in [-0.3, -0.25) is 9.59 Å². The van der Waals surface area contributed by atoms with Crippen molar-refractivity contribution in [3.63, 3.8) is 0 Å². The molecule has 0 fully saturated rings.